The van der Waals surface area contributed by atoms with E-state index in [2.05, 4.69) is 14.8 Å². The molecule has 0 saturated carbocycles. The molecule has 2 heterocycles. The first kappa shape index (κ1) is 22.7. The smallest absolute Gasteiger partial charge is 0.322 e. The molecule has 4 N–H and O–H groups in total. The van der Waals surface area contributed by atoms with Gasteiger partial charge in [0, 0.05) is 11.9 Å². The van der Waals surface area contributed by atoms with E-state index in [4.69, 9.17) is 4.74 Å². The molecule has 2 amide bonds. The van der Waals surface area contributed by atoms with Crippen molar-refractivity contribution in [2.24, 2.45) is 4.36 Å². The number of fused-ring (bicyclic) bond motifs is 3. The van der Waals surface area contributed by atoms with Gasteiger partial charge < -0.3 is 29.7 Å². The minimum absolute atomic E-state index is 0. The van der Waals surface area contributed by atoms with E-state index < -0.39 is 16.6 Å². The van der Waals surface area contributed by atoms with Crippen molar-refractivity contribution in [3.8, 4) is 5.88 Å². The van der Waals surface area contributed by atoms with Crippen LogP contribution in [0.3, 0.4) is 0 Å². The molecule has 3 aliphatic rings. The number of aromatic nitrogens is 2. The molecule has 2 aliphatic carbocycles. The van der Waals surface area contributed by atoms with Gasteiger partial charge in [0.15, 0.2) is 5.88 Å². The van der Waals surface area contributed by atoms with Crippen LogP contribution in [0.5, 0.6) is 5.88 Å². The van der Waals surface area contributed by atoms with Gasteiger partial charge in [-0.2, -0.15) is 5.10 Å². The van der Waals surface area contributed by atoms with Gasteiger partial charge in [0.05, 0.1) is 12.6 Å². The van der Waals surface area contributed by atoms with Crippen LogP contribution < -0.4 is 16.2 Å². The molecule has 1 aliphatic heterocycles. The normalized spacial score (nSPS) is 19.7. The zero-order valence-corrected chi connectivity index (χ0v) is 19.1. The summed E-state index contributed by atoms with van der Waals surface area (Å²) in [6.07, 6.45) is 6.02. The lowest BCUT2D eigenvalue weighted by Crippen LogP contribution is -2.41. The molecule has 174 valence electrons. The van der Waals surface area contributed by atoms with Crippen LogP contribution in [0.25, 0.3) is 0 Å². The SMILES string of the molecule is CN(C)[C@@H]1COc2c([S-](=O)=NC(=O)Nc3c4c(c(F)c5c3CCC5)CCC4)cnn2C1.N. The zero-order chi connectivity index (χ0) is 21.7. The first-order chi connectivity index (χ1) is 14.9. The number of rotatable bonds is 3. The third kappa shape index (κ3) is 3.78. The molecule has 0 unspecified atom stereocenters. The molecule has 2 aromatic rings. The lowest BCUT2D eigenvalue weighted by atomic mass is 9.98. The molecule has 5 rings (SSSR count). The predicted octanol–water partition coefficient (Wildman–Crippen LogP) is 3.22. The second kappa shape index (κ2) is 8.80. The summed E-state index contributed by atoms with van der Waals surface area (Å²) < 4.78 is 38.8. The van der Waals surface area contributed by atoms with Gasteiger partial charge in [0.1, 0.15) is 12.4 Å². The number of anilines is 1. The Bertz CT molecular complexity index is 1120. The molecule has 0 saturated heterocycles. The highest BCUT2D eigenvalue weighted by atomic mass is 32.2. The number of benzene rings is 1. The summed E-state index contributed by atoms with van der Waals surface area (Å²) in [7, 11) is 1.97. The summed E-state index contributed by atoms with van der Waals surface area (Å²) in [5.41, 5.74) is 3.84. The Morgan fingerprint density at radius 3 is 2.47 bits per heavy atom. The molecule has 9 nitrogen and oxygen atoms in total. The summed E-state index contributed by atoms with van der Waals surface area (Å²) >= 11 is 0. The van der Waals surface area contributed by atoms with Crippen molar-refractivity contribution in [2.45, 2.75) is 56.0 Å². The van der Waals surface area contributed by atoms with Crippen LogP contribution in [0.1, 0.15) is 35.1 Å². The number of halogens is 1. The number of carbonyl (C=O) groups excluding carboxylic acids is 1. The van der Waals surface area contributed by atoms with Gasteiger partial charge in [-0.25, -0.2) is 13.9 Å². The molecule has 1 atom stereocenters. The van der Waals surface area contributed by atoms with Gasteiger partial charge in [-0.15, -0.1) is 10.6 Å². The van der Waals surface area contributed by atoms with Crippen molar-refractivity contribution in [3.05, 3.63) is 34.3 Å². The number of urea groups is 1. The van der Waals surface area contributed by atoms with Crippen LogP contribution in [0.4, 0.5) is 14.9 Å². The average Bonchev–Trinajstić information content (AvgIpc) is 3.49. The number of carbonyl (C=O) groups is 1. The third-order valence-corrected chi connectivity index (χ3v) is 7.43. The van der Waals surface area contributed by atoms with Crippen molar-refractivity contribution in [2.75, 3.05) is 26.0 Å². The fourth-order valence-electron chi connectivity index (χ4n) is 4.79. The average molecular weight is 464 g/mol. The zero-order valence-electron chi connectivity index (χ0n) is 18.3. The lowest BCUT2D eigenvalue weighted by molar-refractivity contribution is 0.117. The first-order valence-electron chi connectivity index (χ1n) is 10.6. The number of hydrogen-bond donors (Lipinski definition) is 2. The minimum atomic E-state index is -1.95. The van der Waals surface area contributed by atoms with Crippen molar-refractivity contribution in [3.63, 3.8) is 0 Å². The molecule has 0 radical (unpaired) electrons. The van der Waals surface area contributed by atoms with E-state index in [9.17, 15) is 13.4 Å². The predicted molar refractivity (Wildman–Crippen MR) is 118 cm³/mol. The van der Waals surface area contributed by atoms with Gasteiger partial charge >= 0.3 is 6.03 Å². The largest absolute Gasteiger partial charge is 0.477 e. The maximum absolute atomic E-state index is 14.8. The minimum Gasteiger partial charge on any atom is -0.477 e. The number of nitrogens with zero attached hydrogens (tertiary/aromatic N) is 4. The topological polar surface area (TPSA) is 124 Å². The quantitative estimate of drug-likeness (QED) is 0.674. The Morgan fingerprint density at radius 1 is 1.22 bits per heavy atom. The van der Waals surface area contributed by atoms with Crippen molar-refractivity contribution < 1.29 is 18.1 Å². The fourth-order valence-corrected chi connectivity index (χ4v) is 5.53. The monoisotopic (exact) mass is 463 g/mol. The Morgan fingerprint density at radius 2 is 1.84 bits per heavy atom. The summed E-state index contributed by atoms with van der Waals surface area (Å²) in [5.74, 6) is 0.287. The van der Waals surface area contributed by atoms with Crippen LogP contribution in [0.2, 0.25) is 0 Å². The van der Waals surface area contributed by atoms with Crippen LogP contribution >= 0.6 is 0 Å². The molecule has 11 heteroatoms. The second-order valence-electron chi connectivity index (χ2n) is 8.51. The molecule has 0 bridgehead atoms. The number of likely N-dealkylation sites (N-methyl/N-ethyl adjacent to an activating group) is 1. The van der Waals surface area contributed by atoms with E-state index in [1.807, 2.05) is 19.0 Å². The summed E-state index contributed by atoms with van der Waals surface area (Å²) in [5, 5.41) is 7.07. The lowest BCUT2D eigenvalue weighted by Gasteiger charge is -2.29. The summed E-state index contributed by atoms with van der Waals surface area (Å²) in [6, 6.07) is -0.536. The van der Waals surface area contributed by atoms with E-state index in [0.29, 0.717) is 48.7 Å². The first-order valence-corrected chi connectivity index (χ1v) is 11.7. The summed E-state index contributed by atoms with van der Waals surface area (Å²) in [6.45, 7) is 1.06. The maximum Gasteiger partial charge on any atom is 0.322 e. The molecule has 1 aromatic heterocycles. The molecule has 0 spiro atoms. The number of nitrogens with one attached hydrogen (secondary N) is 1. The highest BCUT2D eigenvalue weighted by molar-refractivity contribution is 7.75. The van der Waals surface area contributed by atoms with E-state index in [1.165, 1.54) is 6.20 Å². The van der Waals surface area contributed by atoms with Crippen LogP contribution in [0, 0.1) is 5.82 Å². The van der Waals surface area contributed by atoms with Crippen LogP contribution in [-0.4, -0.2) is 47.5 Å². The number of hydrogen-bond acceptors (Lipinski definition) is 7. The molecule has 1 aromatic carbocycles. The van der Waals surface area contributed by atoms with Gasteiger partial charge in [0.25, 0.3) is 0 Å². The highest BCUT2D eigenvalue weighted by Crippen LogP contribution is 2.41. The second-order valence-corrected chi connectivity index (χ2v) is 9.63. The Balaban J connectivity index is 0.00000245. The van der Waals surface area contributed by atoms with Gasteiger partial charge in [0.2, 0.25) is 0 Å². The fraction of sp³-hybridized carbons (Fsp3) is 0.524. The third-order valence-electron chi connectivity index (χ3n) is 6.44. The van der Waals surface area contributed by atoms with Crippen LogP contribution in [0.15, 0.2) is 15.5 Å². The standard InChI is InChI=1S/C21H25FN5O3S.H3N/c1-26(2)12-10-27-20(30-11-12)17(9-23-27)31(29)25-21(28)24-19-15-7-3-5-13(15)18(22)14-6-4-8-16(14)19;/h9,12H,3-8,10-11H2,1-2H3,(H,24,28);1H3/q-1;/t12-;/m0./s1. The summed E-state index contributed by atoms with van der Waals surface area (Å²) in [4.78, 5) is 15.0. The van der Waals surface area contributed by atoms with Gasteiger partial charge in [-0.1, -0.05) is 0 Å². The molecular formula is C21H28FN6O3S-. The highest BCUT2D eigenvalue weighted by Gasteiger charge is 2.29. The number of ether oxygens (including phenoxy) is 1. The van der Waals surface area contributed by atoms with Gasteiger partial charge in [-0.3, -0.25) is 0 Å². The van der Waals surface area contributed by atoms with Gasteiger partial charge in [-0.05, 0) is 79.8 Å². The van der Waals surface area contributed by atoms with E-state index in [0.717, 1.165) is 36.8 Å². The van der Waals surface area contributed by atoms with E-state index in [1.54, 1.807) is 4.68 Å². The Hall–Kier alpha value is -2.50. The van der Waals surface area contributed by atoms with Crippen molar-refractivity contribution in [1.29, 1.82) is 0 Å². The Labute approximate surface area is 188 Å². The van der Waals surface area contributed by atoms with Crippen molar-refractivity contribution >= 4 is 22.3 Å². The molecule has 32 heavy (non-hydrogen) atoms. The molecule has 0 fully saturated rings. The Kier molecular flexibility index (Phi) is 6.24. The molecular weight excluding hydrogens is 435 g/mol. The maximum atomic E-state index is 14.8. The number of amides is 2. The van der Waals surface area contributed by atoms with E-state index in [-0.39, 0.29) is 22.9 Å². The van der Waals surface area contributed by atoms with E-state index >= 15 is 0 Å². The van der Waals surface area contributed by atoms with Crippen LogP contribution in [-0.2, 0) is 47.0 Å². The van der Waals surface area contributed by atoms with Crippen molar-refractivity contribution in [1.82, 2.24) is 20.8 Å².